The number of benzene rings is 2. The van der Waals surface area contributed by atoms with Crippen molar-refractivity contribution >= 4 is 6.08 Å². The molecule has 0 bridgehead atoms. The van der Waals surface area contributed by atoms with Gasteiger partial charge in [0, 0.05) is 23.3 Å². The minimum Gasteiger partial charge on any atom is -0.486 e. The summed E-state index contributed by atoms with van der Waals surface area (Å²) in [7, 11) is 0. The second-order valence-corrected chi connectivity index (χ2v) is 8.97. The number of rotatable bonds is 15. The van der Waals surface area contributed by atoms with Crippen molar-refractivity contribution in [1.82, 2.24) is 9.97 Å². The van der Waals surface area contributed by atoms with Gasteiger partial charge >= 0.3 is 0 Å². The van der Waals surface area contributed by atoms with Gasteiger partial charge in [-0.3, -0.25) is 0 Å². The Kier molecular flexibility index (Phi) is 11.4. The third-order valence-electron chi connectivity index (χ3n) is 5.99. The highest BCUT2D eigenvalue weighted by Crippen LogP contribution is 2.29. The number of unbranched alkanes of at least 4 members (excludes halogenated alkanes) is 3. The number of hydrogen-bond donors (Lipinski definition) is 0. The van der Waals surface area contributed by atoms with Gasteiger partial charge < -0.3 is 9.47 Å². The molecule has 0 N–H and O–H groups in total. The summed E-state index contributed by atoms with van der Waals surface area (Å²) in [5.74, 6) is -0.636. The molecule has 0 fully saturated rings. The summed E-state index contributed by atoms with van der Waals surface area (Å²) in [4.78, 5) is 8.60. The predicted molar refractivity (Wildman–Crippen MR) is 146 cm³/mol. The first kappa shape index (κ1) is 28.2. The molecule has 0 saturated heterocycles. The second kappa shape index (κ2) is 15.0. The zero-order chi connectivity index (χ0) is 26.5. The van der Waals surface area contributed by atoms with Crippen LogP contribution in [0.5, 0.6) is 5.75 Å². The third-order valence-corrected chi connectivity index (χ3v) is 5.99. The van der Waals surface area contributed by atoms with Gasteiger partial charge in [0.2, 0.25) is 0 Å². The van der Waals surface area contributed by atoms with Crippen molar-refractivity contribution in [3.05, 3.63) is 84.7 Å². The van der Waals surface area contributed by atoms with Crippen LogP contribution in [-0.4, -0.2) is 29.3 Å². The molecule has 0 saturated carbocycles. The Morgan fingerprint density at radius 3 is 2.38 bits per heavy atom. The highest BCUT2D eigenvalue weighted by molar-refractivity contribution is 5.70. The van der Waals surface area contributed by atoms with Gasteiger partial charge in [0.25, 0.3) is 0 Å². The van der Waals surface area contributed by atoms with Crippen LogP contribution in [0.3, 0.4) is 0 Å². The fourth-order valence-corrected chi connectivity index (χ4v) is 3.86. The van der Waals surface area contributed by atoms with Crippen molar-refractivity contribution in [1.29, 1.82) is 0 Å². The van der Waals surface area contributed by atoms with E-state index in [1.807, 2.05) is 6.08 Å². The molecule has 0 spiro atoms. The van der Waals surface area contributed by atoms with E-state index >= 15 is 0 Å². The summed E-state index contributed by atoms with van der Waals surface area (Å²) >= 11 is 0. The first-order valence-corrected chi connectivity index (χ1v) is 13.0. The lowest BCUT2D eigenvalue weighted by molar-refractivity contribution is 0.0566. The van der Waals surface area contributed by atoms with E-state index in [-0.39, 0.29) is 17.2 Å². The average Bonchev–Trinajstić information content (AvgIpc) is 2.92. The van der Waals surface area contributed by atoms with Gasteiger partial charge in [-0.2, -0.15) is 0 Å². The van der Waals surface area contributed by atoms with E-state index < -0.39 is 11.6 Å². The molecule has 2 aromatic carbocycles. The van der Waals surface area contributed by atoms with Crippen LogP contribution in [-0.2, 0) is 4.74 Å². The molecule has 0 amide bonds. The van der Waals surface area contributed by atoms with E-state index in [9.17, 15) is 8.78 Å². The molecular weight excluding hydrogens is 470 g/mol. The molecule has 0 radical (unpaired) electrons. The summed E-state index contributed by atoms with van der Waals surface area (Å²) in [5.41, 5.74) is 1.80. The Balaban J connectivity index is 1.56. The minimum atomic E-state index is -0.857. The maximum Gasteiger partial charge on any atom is 0.167 e. The summed E-state index contributed by atoms with van der Waals surface area (Å²) < 4.78 is 40.9. The Morgan fingerprint density at radius 2 is 1.68 bits per heavy atom. The lowest BCUT2D eigenvalue weighted by atomic mass is 10.0. The maximum atomic E-state index is 14.9. The minimum absolute atomic E-state index is 0.212. The van der Waals surface area contributed by atoms with Gasteiger partial charge in [0.05, 0.1) is 18.5 Å². The lowest BCUT2D eigenvalue weighted by Crippen LogP contribution is -2.08. The average molecular weight is 507 g/mol. The molecule has 0 aliphatic rings. The molecule has 1 atom stereocenters. The van der Waals surface area contributed by atoms with E-state index in [4.69, 9.17) is 9.47 Å². The summed E-state index contributed by atoms with van der Waals surface area (Å²) in [6.45, 7) is 9.04. The molecule has 0 aliphatic carbocycles. The normalized spacial score (nSPS) is 12.1. The monoisotopic (exact) mass is 506 g/mol. The second-order valence-electron chi connectivity index (χ2n) is 8.97. The highest BCUT2D eigenvalue weighted by Gasteiger charge is 2.14. The molecule has 6 heteroatoms. The van der Waals surface area contributed by atoms with Gasteiger partial charge in [-0.05, 0) is 38.2 Å². The van der Waals surface area contributed by atoms with E-state index in [0.29, 0.717) is 23.7 Å². The molecule has 3 rings (SSSR count). The van der Waals surface area contributed by atoms with Crippen molar-refractivity contribution in [3.63, 3.8) is 0 Å². The molecule has 4 nitrogen and oxygen atoms in total. The van der Waals surface area contributed by atoms with Crippen molar-refractivity contribution in [2.45, 2.75) is 58.5 Å². The van der Waals surface area contributed by atoms with Crippen molar-refractivity contribution in [3.8, 4) is 28.3 Å². The van der Waals surface area contributed by atoms with E-state index in [0.717, 1.165) is 37.9 Å². The van der Waals surface area contributed by atoms with Crippen LogP contribution >= 0.6 is 0 Å². The number of halogens is 2. The number of nitrogens with zero attached hydrogens (tertiary/aromatic N) is 2. The zero-order valence-electron chi connectivity index (χ0n) is 21.8. The van der Waals surface area contributed by atoms with Gasteiger partial charge in [0.1, 0.15) is 6.61 Å². The van der Waals surface area contributed by atoms with Crippen LogP contribution in [0.15, 0.2) is 67.5 Å². The lowest BCUT2D eigenvalue weighted by Gasteiger charge is -2.12. The molecule has 1 unspecified atom stereocenters. The van der Waals surface area contributed by atoms with Crippen LogP contribution in [0, 0.1) is 11.6 Å². The molecule has 3 aromatic rings. The number of allylic oxidation sites excluding steroid dienone is 1. The maximum absolute atomic E-state index is 14.9. The Labute approximate surface area is 219 Å². The van der Waals surface area contributed by atoms with Crippen LogP contribution < -0.4 is 4.74 Å². The quantitative estimate of drug-likeness (QED) is 0.153. The van der Waals surface area contributed by atoms with Gasteiger partial charge in [-0.15, -0.1) is 0 Å². The van der Waals surface area contributed by atoms with Gasteiger partial charge in [-0.25, -0.2) is 18.7 Å². The molecule has 196 valence electrons. The predicted octanol–water partition coefficient (Wildman–Crippen LogP) is 8.43. The summed E-state index contributed by atoms with van der Waals surface area (Å²) in [6, 6.07) is 10.3. The summed E-state index contributed by atoms with van der Waals surface area (Å²) in [6.07, 6.45) is 14.7. The van der Waals surface area contributed by atoms with Crippen molar-refractivity contribution < 1.29 is 18.3 Å². The number of ether oxygens (including phenoxy) is 2. The molecular formula is C31H36F2N2O2. The smallest absolute Gasteiger partial charge is 0.167 e. The topological polar surface area (TPSA) is 44.2 Å². The van der Waals surface area contributed by atoms with Crippen molar-refractivity contribution in [2.75, 3.05) is 13.2 Å². The first-order chi connectivity index (χ1) is 18.0. The van der Waals surface area contributed by atoms with Gasteiger partial charge in [-0.1, -0.05) is 81.0 Å². The van der Waals surface area contributed by atoms with E-state index in [1.165, 1.54) is 12.8 Å². The van der Waals surface area contributed by atoms with Crippen LogP contribution in [0.2, 0.25) is 0 Å². The van der Waals surface area contributed by atoms with Crippen LogP contribution in [0.4, 0.5) is 8.78 Å². The fraction of sp³-hybridized carbons (Fsp3) is 0.355. The molecule has 1 heterocycles. The van der Waals surface area contributed by atoms with Crippen LogP contribution in [0.1, 0.15) is 57.9 Å². The van der Waals surface area contributed by atoms with E-state index in [1.54, 1.807) is 60.9 Å². The third kappa shape index (κ3) is 8.60. The van der Waals surface area contributed by atoms with Gasteiger partial charge in [0.15, 0.2) is 23.2 Å². The Morgan fingerprint density at radius 1 is 0.946 bits per heavy atom. The highest BCUT2D eigenvalue weighted by atomic mass is 19.2. The van der Waals surface area contributed by atoms with Crippen molar-refractivity contribution in [2.24, 2.45) is 0 Å². The standard InChI is InChI=1S/C31H36F2N2O2/c1-4-6-10-20-36-23(3)11-8-7-9-12-25-17-18-28(30(33)29(25)32)24-13-15-26(16-14-24)31-34-21-27(22-35-31)37-19-5-2/h5,9,12-18,21-23H,2,4,6-8,10-11,19-20H2,1,3H3/b12-9+. The molecule has 1 aromatic heterocycles. The molecule has 37 heavy (non-hydrogen) atoms. The Bertz CT molecular complexity index is 1150. The van der Waals surface area contributed by atoms with Crippen LogP contribution in [0.25, 0.3) is 28.6 Å². The Hall–Kier alpha value is -3.38. The summed E-state index contributed by atoms with van der Waals surface area (Å²) in [5, 5.41) is 0. The van der Waals surface area contributed by atoms with E-state index in [2.05, 4.69) is 30.4 Å². The number of aromatic nitrogens is 2. The largest absolute Gasteiger partial charge is 0.486 e. The zero-order valence-corrected chi connectivity index (χ0v) is 21.8. The SMILES string of the molecule is C=CCOc1cnc(-c2ccc(-c3ccc(/C=C/CCCC(C)OCCCCC)c(F)c3F)cc2)nc1. The first-order valence-electron chi connectivity index (χ1n) is 13.0. The number of hydrogen-bond acceptors (Lipinski definition) is 4. The fourth-order valence-electron chi connectivity index (χ4n) is 3.86. The molecule has 0 aliphatic heterocycles.